The maximum atomic E-state index is 12.3. The van der Waals surface area contributed by atoms with Crippen molar-refractivity contribution < 1.29 is 14.3 Å². The molecule has 0 radical (unpaired) electrons. The second kappa shape index (κ2) is 7.05. The summed E-state index contributed by atoms with van der Waals surface area (Å²) >= 11 is 0. The van der Waals surface area contributed by atoms with Gasteiger partial charge >= 0.3 is 0 Å². The number of carbonyl (C=O) groups is 1. The molecule has 1 aromatic rings. The smallest absolute Gasteiger partial charge is 0.248 e. The van der Waals surface area contributed by atoms with Crippen molar-refractivity contribution in [3.05, 3.63) is 17.0 Å². The second-order valence-corrected chi connectivity index (χ2v) is 7.62. The zero-order chi connectivity index (χ0) is 18.2. The Labute approximate surface area is 149 Å². The predicted molar refractivity (Wildman–Crippen MR) is 94.3 cm³/mol. The minimum atomic E-state index is -0.446. The van der Waals surface area contributed by atoms with Crippen LogP contribution in [0.25, 0.3) is 0 Å². The zero-order valence-corrected chi connectivity index (χ0v) is 16.0. The van der Waals surface area contributed by atoms with Gasteiger partial charge in [0, 0.05) is 44.0 Å². The van der Waals surface area contributed by atoms with Crippen molar-refractivity contribution in [2.45, 2.75) is 45.9 Å². The minimum Gasteiger partial charge on any atom is -0.369 e. The van der Waals surface area contributed by atoms with Gasteiger partial charge in [-0.3, -0.25) is 14.4 Å². The molecule has 2 saturated heterocycles. The Morgan fingerprint density at radius 1 is 1.28 bits per heavy atom. The highest BCUT2D eigenvalue weighted by Crippen LogP contribution is 2.26. The second-order valence-electron chi connectivity index (χ2n) is 7.62. The van der Waals surface area contributed by atoms with E-state index in [1.807, 2.05) is 30.5 Å². The lowest BCUT2D eigenvalue weighted by Crippen LogP contribution is -2.59. The molecule has 1 unspecified atom stereocenters. The minimum absolute atomic E-state index is 0.0477. The Balaban J connectivity index is 1.76. The molecular formula is C18H30N4O3. The van der Waals surface area contributed by atoms with Gasteiger partial charge in [-0.2, -0.15) is 5.10 Å². The molecule has 140 valence electrons. The van der Waals surface area contributed by atoms with Crippen LogP contribution in [0.5, 0.6) is 0 Å². The fourth-order valence-electron chi connectivity index (χ4n) is 3.83. The van der Waals surface area contributed by atoms with Gasteiger partial charge in [-0.05, 0) is 27.7 Å². The molecule has 2 fully saturated rings. The first kappa shape index (κ1) is 18.4. The summed E-state index contributed by atoms with van der Waals surface area (Å²) in [5.74, 6) is 0.0477. The molecule has 25 heavy (non-hydrogen) atoms. The van der Waals surface area contributed by atoms with E-state index < -0.39 is 5.60 Å². The molecule has 1 spiro atoms. The van der Waals surface area contributed by atoms with Crippen LogP contribution < -0.4 is 0 Å². The highest BCUT2D eigenvalue weighted by Gasteiger charge is 2.42. The Morgan fingerprint density at radius 3 is 2.68 bits per heavy atom. The number of nitrogens with zero attached hydrogens (tertiary/aromatic N) is 4. The summed E-state index contributed by atoms with van der Waals surface area (Å²) in [5.41, 5.74) is 3.12. The van der Waals surface area contributed by atoms with Crippen molar-refractivity contribution in [2.75, 3.05) is 39.5 Å². The van der Waals surface area contributed by atoms with E-state index in [1.165, 1.54) is 11.3 Å². The van der Waals surface area contributed by atoms with Gasteiger partial charge in [0.2, 0.25) is 5.91 Å². The number of morpholine rings is 1. The van der Waals surface area contributed by atoms with Crippen molar-refractivity contribution in [2.24, 2.45) is 7.05 Å². The summed E-state index contributed by atoms with van der Waals surface area (Å²) in [5, 5.41) is 4.52. The lowest BCUT2D eigenvalue weighted by molar-refractivity contribution is -0.147. The van der Waals surface area contributed by atoms with Crippen molar-refractivity contribution in [3.8, 4) is 0 Å². The van der Waals surface area contributed by atoms with Crippen molar-refractivity contribution in [1.82, 2.24) is 19.6 Å². The molecule has 1 atom stereocenters. The summed E-state index contributed by atoms with van der Waals surface area (Å²) in [6, 6.07) is 0.146. The number of aryl methyl sites for hydroxylation is 2. The van der Waals surface area contributed by atoms with E-state index in [0.717, 1.165) is 25.3 Å². The van der Waals surface area contributed by atoms with Crippen LogP contribution in [0.2, 0.25) is 0 Å². The molecule has 7 nitrogen and oxygen atoms in total. The number of carbonyl (C=O) groups excluding carboxylic acids is 1. The molecule has 3 heterocycles. The molecule has 3 rings (SSSR count). The third-order valence-corrected chi connectivity index (χ3v) is 5.36. The first-order valence-corrected chi connectivity index (χ1v) is 9.04. The van der Waals surface area contributed by atoms with Crippen LogP contribution in [0.3, 0.4) is 0 Å². The number of rotatable bonds is 3. The fourth-order valence-corrected chi connectivity index (χ4v) is 3.83. The number of amides is 1. The number of ether oxygens (including phenoxy) is 2. The fraction of sp³-hybridized carbons (Fsp3) is 0.778. The van der Waals surface area contributed by atoms with Crippen LogP contribution in [0, 0.1) is 13.8 Å². The maximum absolute atomic E-state index is 12.3. The van der Waals surface area contributed by atoms with E-state index in [9.17, 15) is 4.79 Å². The molecule has 7 heteroatoms. The molecule has 0 N–H and O–H groups in total. The molecule has 2 aliphatic rings. The van der Waals surface area contributed by atoms with E-state index in [2.05, 4.69) is 23.8 Å². The molecular weight excluding hydrogens is 320 g/mol. The molecule has 0 aliphatic carbocycles. The van der Waals surface area contributed by atoms with Gasteiger partial charge in [0.15, 0.2) is 0 Å². The average Bonchev–Trinajstić information content (AvgIpc) is 2.71. The van der Waals surface area contributed by atoms with Gasteiger partial charge in [-0.1, -0.05) is 0 Å². The van der Waals surface area contributed by atoms with Crippen LogP contribution in [0.4, 0.5) is 0 Å². The summed E-state index contributed by atoms with van der Waals surface area (Å²) in [6.45, 7) is 12.6. The van der Waals surface area contributed by atoms with Crippen molar-refractivity contribution in [3.63, 3.8) is 0 Å². The van der Waals surface area contributed by atoms with Gasteiger partial charge in [0.05, 0.1) is 25.5 Å². The van der Waals surface area contributed by atoms with Crippen molar-refractivity contribution in [1.29, 1.82) is 0 Å². The van der Waals surface area contributed by atoms with E-state index in [-0.39, 0.29) is 18.6 Å². The third kappa shape index (κ3) is 3.73. The summed E-state index contributed by atoms with van der Waals surface area (Å²) in [7, 11) is 1.98. The van der Waals surface area contributed by atoms with Gasteiger partial charge in [-0.25, -0.2) is 0 Å². The first-order valence-electron chi connectivity index (χ1n) is 9.04. The number of hydrogen-bond acceptors (Lipinski definition) is 5. The molecule has 2 aliphatic heterocycles. The highest BCUT2D eigenvalue weighted by molar-refractivity contribution is 5.78. The largest absolute Gasteiger partial charge is 0.369 e. The van der Waals surface area contributed by atoms with Crippen molar-refractivity contribution >= 4 is 5.91 Å². The van der Waals surface area contributed by atoms with Crippen LogP contribution in [0.15, 0.2) is 0 Å². The van der Waals surface area contributed by atoms with E-state index >= 15 is 0 Å². The lowest BCUT2D eigenvalue weighted by Gasteiger charge is -2.44. The van der Waals surface area contributed by atoms with Crippen LogP contribution in [-0.2, 0) is 27.9 Å². The number of hydrogen-bond donors (Lipinski definition) is 0. The van der Waals surface area contributed by atoms with E-state index in [1.54, 1.807) is 0 Å². The Bertz CT molecular complexity index is 643. The quantitative estimate of drug-likeness (QED) is 0.810. The van der Waals surface area contributed by atoms with Crippen LogP contribution in [0.1, 0.15) is 30.8 Å². The molecule has 0 bridgehead atoms. The third-order valence-electron chi connectivity index (χ3n) is 5.36. The molecule has 0 saturated carbocycles. The molecule has 1 aromatic heterocycles. The predicted octanol–water partition coefficient (Wildman–Crippen LogP) is 0.875. The van der Waals surface area contributed by atoms with E-state index in [4.69, 9.17) is 9.47 Å². The van der Waals surface area contributed by atoms with Gasteiger partial charge in [0.25, 0.3) is 0 Å². The normalized spacial score (nSPS) is 25.8. The Kier molecular flexibility index (Phi) is 5.18. The number of aromatic nitrogens is 2. The van der Waals surface area contributed by atoms with Gasteiger partial charge in [-0.15, -0.1) is 0 Å². The maximum Gasteiger partial charge on any atom is 0.248 e. The highest BCUT2D eigenvalue weighted by atomic mass is 16.5. The lowest BCUT2D eigenvalue weighted by atomic mass is 10.00. The standard InChI is InChI=1S/C18H30N4O3/c1-13(2)22-11-18(12-24-9-17(22)23)10-21(6-7-25-18)8-16-14(3)19-20(5)15(16)4/h13H,6-12H2,1-5H3. The summed E-state index contributed by atoms with van der Waals surface area (Å²) in [6.07, 6.45) is 0. The van der Waals surface area contributed by atoms with Crippen LogP contribution >= 0.6 is 0 Å². The van der Waals surface area contributed by atoms with Gasteiger partial charge in [0.1, 0.15) is 12.2 Å². The SMILES string of the molecule is Cc1nn(C)c(C)c1CN1CCOC2(COCC(=O)N(C(C)C)C2)C1. The molecule has 0 aromatic carbocycles. The zero-order valence-electron chi connectivity index (χ0n) is 16.0. The Morgan fingerprint density at radius 2 is 2.04 bits per heavy atom. The Hall–Kier alpha value is -1.44. The van der Waals surface area contributed by atoms with Crippen LogP contribution in [-0.4, -0.2) is 76.6 Å². The first-order chi connectivity index (χ1) is 11.8. The van der Waals surface area contributed by atoms with E-state index in [0.29, 0.717) is 19.8 Å². The monoisotopic (exact) mass is 350 g/mol. The summed E-state index contributed by atoms with van der Waals surface area (Å²) < 4.78 is 13.8. The van der Waals surface area contributed by atoms with Gasteiger partial charge < -0.3 is 14.4 Å². The average molecular weight is 350 g/mol. The summed E-state index contributed by atoms with van der Waals surface area (Å²) in [4.78, 5) is 16.6. The topological polar surface area (TPSA) is 59.8 Å². The molecule has 1 amide bonds.